The Labute approximate surface area is 192 Å². The molecule has 0 radical (unpaired) electrons. The molecular weight excluding hydrogens is 416 g/mol. The molecule has 4 aromatic rings. The van der Waals surface area contributed by atoms with Crippen LogP contribution in [-0.2, 0) is 23.1 Å². The number of esters is 1. The van der Waals surface area contributed by atoms with Crippen molar-refractivity contribution in [2.75, 3.05) is 33.4 Å². The molecule has 2 heterocycles. The first-order valence-corrected chi connectivity index (χ1v) is 11.0. The highest BCUT2D eigenvalue weighted by molar-refractivity contribution is 6.04. The number of ether oxygens (including phenoxy) is 2. The van der Waals surface area contributed by atoms with E-state index in [1.165, 1.54) is 18.2 Å². The SMILES string of the molecule is COC(=O)c1cc(-c2ccc(-c3ccccc3CN3CCOCC3)cc2)cc2nnn(C)c12. The zero-order valence-corrected chi connectivity index (χ0v) is 18.8. The van der Waals surface area contributed by atoms with Gasteiger partial charge in [0, 0.05) is 26.7 Å². The van der Waals surface area contributed by atoms with Crippen molar-refractivity contribution in [2.45, 2.75) is 6.54 Å². The lowest BCUT2D eigenvalue weighted by Gasteiger charge is -2.27. The van der Waals surface area contributed by atoms with Gasteiger partial charge in [0.05, 0.1) is 25.9 Å². The van der Waals surface area contributed by atoms with Gasteiger partial charge < -0.3 is 9.47 Å². The number of methoxy groups -OCH3 is 1. The van der Waals surface area contributed by atoms with Gasteiger partial charge in [-0.3, -0.25) is 4.90 Å². The number of carbonyl (C=O) groups excluding carboxylic acids is 1. The van der Waals surface area contributed by atoms with Crippen LogP contribution in [0.1, 0.15) is 15.9 Å². The standard InChI is InChI=1S/C26H26N4O3/c1-29-25-23(26(31)32-2)15-21(16-24(25)27-28-29)18-7-9-19(10-8-18)22-6-4-3-5-20(22)17-30-11-13-33-14-12-30/h3-10,15-16H,11-14,17H2,1-2H3. The van der Waals surface area contributed by atoms with Gasteiger partial charge >= 0.3 is 5.97 Å². The van der Waals surface area contributed by atoms with Crippen molar-refractivity contribution in [2.24, 2.45) is 7.05 Å². The van der Waals surface area contributed by atoms with E-state index in [-0.39, 0.29) is 0 Å². The van der Waals surface area contributed by atoms with E-state index < -0.39 is 5.97 Å². The minimum Gasteiger partial charge on any atom is -0.465 e. The van der Waals surface area contributed by atoms with Gasteiger partial charge in [0.25, 0.3) is 0 Å². The molecule has 168 valence electrons. The van der Waals surface area contributed by atoms with Gasteiger partial charge in [-0.15, -0.1) is 5.10 Å². The maximum atomic E-state index is 12.4. The molecule has 33 heavy (non-hydrogen) atoms. The van der Waals surface area contributed by atoms with Crippen molar-refractivity contribution in [3.8, 4) is 22.3 Å². The van der Waals surface area contributed by atoms with Gasteiger partial charge in [-0.05, 0) is 39.9 Å². The van der Waals surface area contributed by atoms with Crippen molar-refractivity contribution < 1.29 is 14.3 Å². The van der Waals surface area contributed by atoms with Gasteiger partial charge in [-0.2, -0.15) is 0 Å². The summed E-state index contributed by atoms with van der Waals surface area (Å²) < 4.78 is 12.1. The summed E-state index contributed by atoms with van der Waals surface area (Å²) in [6.07, 6.45) is 0. The van der Waals surface area contributed by atoms with Crippen LogP contribution in [0.2, 0.25) is 0 Å². The third-order valence-electron chi connectivity index (χ3n) is 6.15. The van der Waals surface area contributed by atoms with Gasteiger partial charge in [0.2, 0.25) is 0 Å². The van der Waals surface area contributed by atoms with Crippen LogP contribution in [0.15, 0.2) is 60.7 Å². The number of aryl methyl sites for hydroxylation is 1. The van der Waals surface area contributed by atoms with E-state index in [1.807, 2.05) is 12.1 Å². The maximum absolute atomic E-state index is 12.4. The smallest absolute Gasteiger partial charge is 0.340 e. The van der Waals surface area contributed by atoms with Gasteiger partial charge in [-0.25, -0.2) is 9.48 Å². The normalized spacial score (nSPS) is 14.5. The number of rotatable bonds is 5. The van der Waals surface area contributed by atoms with Crippen LogP contribution in [0.5, 0.6) is 0 Å². The highest BCUT2D eigenvalue weighted by atomic mass is 16.5. The predicted molar refractivity (Wildman–Crippen MR) is 127 cm³/mol. The molecule has 1 saturated heterocycles. The molecule has 7 nitrogen and oxygen atoms in total. The number of hydrogen-bond acceptors (Lipinski definition) is 6. The van der Waals surface area contributed by atoms with Crippen LogP contribution in [0.4, 0.5) is 0 Å². The Morgan fingerprint density at radius 1 is 1.00 bits per heavy atom. The first-order valence-electron chi connectivity index (χ1n) is 11.0. The molecule has 0 bridgehead atoms. The average Bonchev–Trinajstić information content (AvgIpc) is 3.25. The van der Waals surface area contributed by atoms with Crippen LogP contribution >= 0.6 is 0 Å². The minimum atomic E-state index is -0.402. The van der Waals surface area contributed by atoms with Crippen molar-refractivity contribution in [1.29, 1.82) is 0 Å². The molecule has 7 heteroatoms. The summed E-state index contributed by atoms with van der Waals surface area (Å²) in [7, 11) is 3.15. The Kier molecular flexibility index (Phi) is 5.90. The van der Waals surface area contributed by atoms with E-state index in [0.29, 0.717) is 16.6 Å². The first kappa shape index (κ1) is 21.3. The molecule has 1 aromatic heterocycles. The number of fused-ring (bicyclic) bond motifs is 1. The van der Waals surface area contributed by atoms with E-state index in [2.05, 4.69) is 63.7 Å². The second kappa shape index (κ2) is 9.13. The molecule has 0 spiro atoms. The fourth-order valence-electron chi connectivity index (χ4n) is 4.41. The maximum Gasteiger partial charge on any atom is 0.340 e. The Hall–Kier alpha value is -3.55. The topological polar surface area (TPSA) is 69.5 Å². The van der Waals surface area contributed by atoms with E-state index in [1.54, 1.807) is 11.7 Å². The minimum absolute atomic E-state index is 0.402. The largest absolute Gasteiger partial charge is 0.465 e. The van der Waals surface area contributed by atoms with Crippen molar-refractivity contribution >= 4 is 17.0 Å². The second-order valence-corrected chi connectivity index (χ2v) is 8.22. The van der Waals surface area contributed by atoms with Gasteiger partial charge in [0.15, 0.2) is 0 Å². The predicted octanol–water partition coefficient (Wildman–Crippen LogP) is 3.92. The number of nitrogens with zero attached hydrogens (tertiary/aromatic N) is 4. The Morgan fingerprint density at radius 3 is 2.48 bits per heavy atom. The molecule has 0 saturated carbocycles. The summed E-state index contributed by atoms with van der Waals surface area (Å²) in [4.78, 5) is 14.8. The van der Waals surface area contributed by atoms with Crippen LogP contribution in [0, 0.1) is 0 Å². The molecule has 0 N–H and O–H groups in total. The average molecular weight is 443 g/mol. The number of hydrogen-bond donors (Lipinski definition) is 0. The number of benzene rings is 3. The zero-order chi connectivity index (χ0) is 22.8. The Balaban J connectivity index is 1.48. The second-order valence-electron chi connectivity index (χ2n) is 8.22. The summed E-state index contributed by atoms with van der Waals surface area (Å²) in [6.45, 7) is 4.41. The summed E-state index contributed by atoms with van der Waals surface area (Å²) in [6, 6.07) is 20.8. The Bertz CT molecular complexity index is 1290. The molecule has 5 rings (SSSR count). The monoisotopic (exact) mass is 442 g/mol. The van der Waals surface area contributed by atoms with Crippen LogP contribution in [0.25, 0.3) is 33.3 Å². The van der Waals surface area contributed by atoms with Crippen molar-refractivity contribution in [3.05, 3.63) is 71.8 Å². The molecule has 3 aromatic carbocycles. The van der Waals surface area contributed by atoms with E-state index >= 15 is 0 Å². The zero-order valence-electron chi connectivity index (χ0n) is 18.8. The summed E-state index contributed by atoms with van der Waals surface area (Å²) >= 11 is 0. The number of morpholine rings is 1. The van der Waals surface area contributed by atoms with Crippen molar-refractivity contribution in [3.63, 3.8) is 0 Å². The fourth-order valence-corrected chi connectivity index (χ4v) is 4.41. The Morgan fingerprint density at radius 2 is 1.73 bits per heavy atom. The van der Waals surface area contributed by atoms with Crippen LogP contribution in [0.3, 0.4) is 0 Å². The number of aromatic nitrogens is 3. The molecule has 0 aliphatic carbocycles. The quantitative estimate of drug-likeness (QED) is 0.437. The summed E-state index contributed by atoms with van der Waals surface area (Å²) in [5.41, 5.74) is 7.39. The fraction of sp³-hybridized carbons (Fsp3) is 0.269. The van der Waals surface area contributed by atoms with E-state index in [0.717, 1.165) is 49.5 Å². The molecular formula is C26H26N4O3. The molecule has 0 atom stereocenters. The molecule has 1 aliphatic heterocycles. The first-order chi connectivity index (χ1) is 16.1. The lowest BCUT2D eigenvalue weighted by Crippen LogP contribution is -2.35. The summed E-state index contributed by atoms with van der Waals surface area (Å²) in [5, 5.41) is 8.27. The highest BCUT2D eigenvalue weighted by Gasteiger charge is 2.18. The van der Waals surface area contributed by atoms with E-state index in [4.69, 9.17) is 9.47 Å². The van der Waals surface area contributed by atoms with Gasteiger partial charge in [0.1, 0.15) is 11.0 Å². The third-order valence-corrected chi connectivity index (χ3v) is 6.15. The molecule has 0 amide bonds. The van der Waals surface area contributed by atoms with E-state index in [9.17, 15) is 4.79 Å². The lowest BCUT2D eigenvalue weighted by molar-refractivity contribution is 0.0342. The van der Waals surface area contributed by atoms with Crippen LogP contribution < -0.4 is 0 Å². The van der Waals surface area contributed by atoms with Crippen LogP contribution in [-0.4, -0.2) is 59.3 Å². The summed E-state index contributed by atoms with van der Waals surface area (Å²) in [5.74, 6) is -0.402. The molecule has 1 fully saturated rings. The van der Waals surface area contributed by atoms with Crippen molar-refractivity contribution in [1.82, 2.24) is 19.9 Å². The number of carbonyl (C=O) groups is 1. The third kappa shape index (κ3) is 4.25. The highest BCUT2D eigenvalue weighted by Crippen LogP contribution is 2.31. The lowest BCUT2D eigenvalue weighted by atomic mass is 9.95. The molecule has 0 unspecified atom stereocenters. The molecule has 1 aliphatic rings. The van der Waals surface area contributed by atoms with Gasteiger partial charge in [-0.1, -0.05) is 53.7 Å².